The molecule has 0 aliphatic rings. The molecule has 0 saturated heterocycles. The number of thiophene rings is 1. The second-order valence-electron chi connectivity index (χ2n) is 5.80. The Kier molecular flexibility index (Phi) is 5.20. The zero-order valence-corrected chi connectivity index (χ0v) is 15.9. The van der Waals surface area contributed by atoms with Gasteiger partial charge in [-0.05, 0) is 38.0 Å². The number of aryl methyl sites for hydroxylation is 3. The van der Waals surface area contributed by atoms with Crippen molar-refractivity contribution in [3.05, 3.63) is 51.1 Å². The molecule has 2 N–H and O–H groups in total. The number of rotatable bonds is 5. The Balaban J connectivity index is 1.68. The van der Waals surface area contributed by atoms with Crippen molar-refractivity contribution in [2.24, 2.45) is 0 Å². The van der Waals surface area contributed by atoms with Crippen molar-refractivity contribution >= 4 is 44.9 Å². The summed E-state index contributed by atoms with van der Waals surface area (Å²) in [4.78, 5) is 23.3. The number of amides is 1. The molecule has 1 amide bonds. The molecule has 0 spiro atoms. The van der Waals surface area contributed by atoms with Gasteiger partial charge in [0.1, 0.15) is 16.5 Å². The second-order valence-corrected chi connectivity index (χ2v) is 7.41. The maximum absolute atomic E-state index is 12.2. The van der Waals surface area contributed by atoms with E-state index in [1.165, 1.54) is 4.88 Å². The van der Waals surface area contributed by atoms with Gasteiger partial charge in [-0.1, -0.05) is 29.8 Å². The van der Waals surface area contributed by atoms with E-state index in [9.17, 15) is 4.79 Å². The van der Waals surface area contributed by atoms with Gasteiger partial charge in [0.15, 0.2) is 0 Å². The molecule has 0 radical (unpaired) electrons. The molecular formula is C18H19ClN4OS. The predicted octanol–water partition coefficient (Wildman–Crippen LogP) is 4.00. The fourth-order valence-corrected chi connectivity index (χ4v) is 3.82. The van der Waals surface area contributed by atoms with Crippen molar-refractivity contribution in [3.8, 4) is 0 Å². The zero-order valence-electron chi connectivity index (χ0n) is 14.3. The van der Waals surface area contributed by atoms with Gasteiger partial charge in [0.2, 0.25) is 5.91 Å². The standard InChI is InChI=1S/C18H19ClN4OS/c1-10-11(2)25-18-16(10)17(22-12(3)23-18)21-9-15(24)20-8-13-6-4-5-7-14(13)19/h4-7H,8-9H2,1-3H3,(H,20,24)(H,21,22,23). The molecule has 2 aromatic heterocycles. The van der Waals surface area contributed by atoms with Crippen molar-refractivity contribution in [1.82, 2.24) is 15.3 Å². The van der Waals surface area contributed by atoms with Gasteiger partial charge in [-0.15, -0.1) is 11.3 Å². The van der Waals surface area contributed by atoms with Crippen molar-refractivity contribution in [3.63, 3.8) is 0 Å². The van der Waals surface area contributed by atoms with Crippen LogP contribution in [-0.4, -0.2) is 22.4 Å². The first kappa shape index (κ1) is 17.6. The Morgan fingerprint density at radius 3 is 2.72 bits per heavy atom. The lowest BCUT2D eigenvalue weighted by Gasteiger charge is -2.10. The Morgan fingerprint density at radius 2 is 1.96 bits per heavy atom. The van der Waals surface area contributed by atoms with E-state index >= 15 is 0 Å². The molecule has 1 aromatic carbocycles. The third-order valence-corrected chi connectivity index (χ3v) is 5.46. The smallest absolute Gasteiger partial charge is 0.239 e. The molecule has 0 aliphatic heterocycles. The van der Waals surface area contributed by atoms with Gasteiger partial charge in [0.25, 0.3) is 0 Å². The summed E-state index contributed by atoms with van der Waals surface area (Å²) in [7, 11) is 0. The van der Waals surface area contributed by atoms with Crippen LogP contribution in [-0.2, 0) is 11.3 Å². The van der Waals surface area contributed by atoms with Crippen LogP contribution < -0.4 is 10.6 Å². The summed E-state index contributed by atoms with van der Waals surface area (Å²) in [6, 6.07) is 7.46. The Hall–Kier alpha value is -2.18. The third kappa shape index (κ3) is 3.91. The monoisotopic (exact) mass is 374 g/mol. The lowest BCUT2D eigenvalue weighted by atomic mass is 10.2. The number of benzene rings is 1. The van der Waals surface area contributed by atoms with E-state index in [0.717, 1.165) is 21.3 Å². The summed E-state index contributed by atoms with van der Waals surface area (Å²) in [6.45, 7) is 6.51. The molecule has 0 atom stereocenters. The van der Waals surface area contributed by atoms with E-state index in [4.69, 9.17) is 11.6 Å². The highest BCUT2D eigenvalue weighted by molar-refractivity contribution is 7.18. The highest BCUT2D eigenvalue weighted by atomic mass is 35.5. The summed E-state index contributed by atoms with van der Waals surface area (Å²) in [5.41, 5.74) is 2.04. The highest BCUT2D eigenvalue weighted by Crippen LogP contribution is 2.33. The molecule has 0 bridgehead atoms. The van der Waals surface area contributed by atoms with Gasteiger partial charge in [-0.2, -0.15) is 0 Å². The van der Waals surface area contributed by atoms with E-state index in [2.05, 4.69) is 34.4 Å². The van der Waals surface area contributed by atoms with E-state index in [1.807, 2.05) is 31.2 Å². The molecule has 3 rings (SSSR count). The van der Waals surface area contributed by atoms with Crippen molar-refractivity contribution in [1.29, 1.82) is 0 Å². The number of hydrogen-bond donors (Lipinski definition) is 2. The molecule has 0 unspecified atom stereocenters. The van der Waals surface area contributed by atoms with Crippen LogP contribution in [0.2, 0.25) is 5.02 Å². The fourth-order valence-electron chi connectivity index (χ4n) is 2.55. The second kappa shape index (κ2) is 7.37. The van der Waals surface area contributed by atoms with Gasteiger partial charge in [0, 0.05) is 16.4 Å². The minimum atomic E-state index is -0.117. The largest absolute Gasteiger partial charge is 0.360 e. The average Bonchev–Trinajstić information content (AvgIpc) is 2.86. The van der Waals surface area contributed by atoms with Gasteiger partial charge in [-0.25, -0.2) is 9.97 Å². The zero-order chi connectivity index (χ0) is 18.0. The molecule has 0 fully saturated rings. The number of nitrogens with zero attached hydrogens (tertiary/aromatic N) is 2. The summed E-state index contributed by atoms with van der Waals surface area (Å²) in [5.74, 6) is 1.28. The Morgan fingerprint density at radius 1 is 1.20 bits per heavy atom. The molecule has 130 valence electrons. The first-order valence-corrected chi connectivity index (χ1v) is 9.13. The van der Waals surface area contributed by atoms with Crippen molar-refractivity contribution in [2.45, 2.75) is 27.3 Å². The van der Waals surface area contributed by atoms with Crippen LogP contribution in [0.25, 0.3) is 10.2 Å². The summed E-state index contributed by atoms with van der Waals surface area (Å²) >= 11 is 7.74. The molecule has 7 heteroatoms. The van der Waals surface area contributed by atoms with Gasteiger partial charge in [0.05, 0.1) is 11.9 Å². The number of fused-ring (bicyclic) bond motifs is 1. The number of nitrogens with one attached hydrogen (secondary N) is 2. The summed E-state index contributed by atoms with van der Waals surface area (Å²) in [5, 5.41) is 7.65. The first-order valence-electron chi connectivity index (χ1n) is 7.94. The van der Waals surface area contributed by atoms with Crippen LogP contribution in [0.3, 0.4) is 0 Å². The van der Waals surface area contributed by atoms with Crippen LogP contribution in [0.4, 0.5) is 5.82 Å². The fraction of sp³-hybridized carbons (Fsp3) is 0.278. The van der Waals surface area contributed by atoms with Gasteiger partial charge in [-0.3, -0.25) is 4.79 Å². The number of halogens is 1. The molecule has 5 nitrogen and oxygen atoms in total. The molecule has 3 aromatic rings. The molecule has 2 heterocycles. The number of hydrogen-bond acceptors (Lipinski definition) is 5. The minimum absolute atomic E-state index is 0.117. The van der Waals surface area contributed by atoms with Crippen LogP contribution in [0, 0.1) is 20.8 Å². The van der Waals surface area contributed by atoms with Crippen LogP contribution in [0.1, 0.15) is 21.8 Å². The topological polar surface area (TPSA) is 66.9 Å². The lowest BCUT2D eigenvalue weighted by molar-refractivity contribution is -0.119. The molecule has 0 aliphatic carbocycles. The highest BCUT2D eigenvalue weighted by Gasteiger charge is 2.14. The molecule has 25 heavy (non-hydrogen) atoms. The van der Waals surface area contributed by atoms with Crippen LogP contribution >= 0.6 is 22.9 Å². The lowest BCUT2D eigenvalue weighted by Crippen LogP contribution is -2.29. The quantitative estimate of drug-likeness (QED) is 0.708. The van der Waals surface area contributed by atoms with E-state index < -0.39 is 0 Å². The molecular weight excluding hydrogens is 356 g/mol. The number of carbonyl (C=O) groups is 1. The maximum Gasteiger partial charge on any atom is 0.239 e. The number of aromatic nitrogens is 2. The van der Waals surface area contributed by atoms with Gasteiger partial charge < -0.3 is 10.6 Å². The van der Waals surface area contributed by atoms with E-state index in [-0.39, 0.29) is 12.5 Å². The average molecular weight is 375 g/mol. The normalized spacial score (nSPS) is 10.9. The van der Waals surface area contributed by atoms with Crippen molar-refractivity contribution < 1.29 is 4.79 Å². The maximum atomic E-state index is 12.2. The van der Waals surface area contributed by atoms with E-state index in [0.29, 0.717) is 23.2 Å². The number of anilines is 1. The van der Waals surface area contributed by atoms with Gasteiger partial charge >= 0.3 is 0 Å². The SMILES string of the molecule is Cc1nc(NCC(=O)NCc2ccccc2Cl)c2c(C)c(C)sc2n1. The van der Waals surface area contributed by atoms with Crippen molar-refractivity contribution in [2.75, 3.05) is 11.9 Å². The minimum Gasteiger partial charge on any atom is -0.360 e. The summed E-state index contributed by atoms with van der Waals surface area (Å²) in [6.07, 6.45) is 0. The third-order valence-electron chi connectivity index (χ3n) is 3.99. The summed E-state index contributed by atoms with van der Waals surface area (Å²) < 4.78 is 0. The molecule has 0 saturated carbocycles. The predicted molar refractivity (Wildman–Crippen MR) is 103 cm³/mol. The van der Waals surface area contributed by atoms with Crippen LogP contribution in [0.5, 0.6) is 0 Å². The number of carbonyl (C=O) groups excluding carboxylic acids is 1. The Bertz CT molecular complexity index is 938. The Labute approximate surface area is 155 Å². The van der Waals surface area contributed by atoms with Crippen LogP contribution in [0.15, 0.2) is 24.3 Å². The first-order chi connectivity index (χ1) is 12.0. The van der Waals surface area contributed by atoms with E-state index in [1.54, 1.807) is 11.3 Å².